The molecule has 0 amide bonds. The van der Waals surface area contributed by atoms with Crippen LogP contribution in [0.1, 0.15) is 28.7 Å². The lowest BCUT2D eigenvalue weighted by molar-refractivity contribution is 0.586. The standard InChI is InChI=1S/C18H18N2O2S/c1-13-5-8-15(9-6-13)23(21,22)20-11-3-4-16-17(12-19)14(2)7-10-18(16)20/h5-10H,3-4,11H2,1-2H3. The van der Waals surface area contributed by atoms with Gasteiger partial charge in [0, 0.05) is 6.54 Å². The first-order chi connectivity index (χ1) is 10.9. The van der Waals surface area contributed by atoms with Gasteiger partial charge < -0.3 is 0 Å². The Hall–Kier alpha value is -2.32. The van der Waals surface area contributed by atoms with Gasteiger partial charge in [-0.1, -0.05) is 23.8 Å². The highest BCUT2D eigenvalue weighted by Crippen LogP contribution is 2.35. The van der Waals surface area contributed by atoms with E-state index in [1.165, 1.54) is 4.31 Å². The van der Waals surface area contributed by atoms with Crippen molar-refractivity contribution in [2.75, 3.05) is 10.8 Å². The molecule has 0 aromatic heterocycles. The number of hydrogen-bond donors (Lipinski definition) is 0. The Kier molecular flexibility index (Phi) is 3.87. The summed E-state index contributed by atoms with van der Waals surface area (Å²) in [4.78, 5) is 0.287. The first-order valence-corrected chi connectivity index (χ1v) is 9.01. The fourth-order valence-corrected chi connectivity index (χ4v) is 4.54. The van der Waals surface area contributed by atoms with Crippen molar-refractivity contribution >= 4 is 15.7 Å². The first-order valence-electron chi connectivity index (χ1n) is 7.57. The van der Waals surface area contributed by atoms with Gasteiger partial charge in [-0.05, 0) is 56.0 Å². The zero-order valence-electron chi connectivity index (χ0n) is 13.2. The van der Waals surface area contributed by atoms with Crippen molar-refractivity contribution in [2.24, 2.45) is 0 Å². The van der Waals surface area contributed by atoms with E-state index in [0.29, 0.717) is 17.8 Å². The molecule has 0 saturated carbocycles. The zero-order chi connectivity index (χ0) is 16.6. The molecule has 5 heteroatoms. The second-order valence-electron chi connectivity index (χ2n) is 5.86. The molecular weight excluding hydrogens is 308 g/mol. The van der Waals surface area contributed by atoms with E-state index in [0.717, 1.165) is 29.5 Å². The minimum absolute atomic E-state index is 0.287. The first kappa shape index (κ1) is 15.6. The van der Waals surface area contributed by atoms with Crippen molar-refractivity contribution in [1.82, 2.24) is 0 Å². The van der Waals surface area contributed by atoms with Crippen molar-refractivity contribution in [2.45, 2.75) is 31.6 Å². The van der Waals surface area contributed by atoms with Gasteiger partial charge in [-0.2, -0.15) is 5.26 Å². The Morgan fingerprint density at radius 3 is 2.43 bits per heavy atom. The van der Waals surface area contributed by atoms with Gasteiger partial charge in [0.15, 0.2) is 0 Å². The third-order valence-electron chi connectivity index (χ3n) is 4.27. The fourth-order valence-electron chi connectivity index (χ4n) is 3.00. The molecule has 0 radical (unpaired) electrons. The molecule has 23 heavy (non-hydrogen) atoms. The van der Waals surface area contributed by atoms with Crippen molar-refractivity contribution in [3.05, 3.63) is 58.7 Å². The number of nitrogens with zero attached hydrogens (tertiary/aromatic N) is 2. The second kappa shape index (κ2) is 5.71. The summed E-state index contributed by atoms with van der Waals surface area (Å²) in [5, 5.41) is 9.39. The Bertz CT molecular complexity index is 894. The number of rotatable bonds is 2. The zero-order valence-corrected chi connectivity index (χ0v) is 14.0. The summed E-state index contributed by atoms with van der Waals surface area (Å²) in [5.41, 5.74) is 3.99. The van der Waals surface area contributed by atoms with Crippen LogP contribution in [0.4, 0.5) is 5.69 Å². The molecule has 0 fully saturated rings. The maximum Gasteiger partial charge on any atom is 0.264 e. The summed E-state index contributed by atoms with van der Waals surface area (Å²) in [6.07, 6.45) is 1.45. The van der Waals surface area contributed by atoms with Crippen LogP contribution in [0.15, 0.2) is 41.3 Å². The molecule has 3 rings (SSSR count). The number of fused-ring (bicyclic) bond motifs is 1. The Balaban J connectivity index is 2.14. The van der Waals surface area contributed by atoms with Crippen molar-refractivity contribution in [3.8, 4) is 6.07 Å². The highest BCUT2D eigenvalue weighted by atomic mass is 32.2. The summed E-state index contributed by atoms with van der Waals surface area (Å²) < 4.78 is 27.4. The van der Waals surface area contributed by atoms with Crippen LogP contribution in [-0.4, -0.2) is 15.0 Å². The number of anilines is 1. The van der Waals surface area contributed by atoms with Crippen LogP contribution in [0.25, 0.3) is 0 Å². The molecule has 0 unspecified atom stereocenters. The SMILES string of the molecule is Cc1ccc(S(=O)(=O)N2CCCc3c2ccc(C)c3C#N)cc1. The summed E-state index contributed by atoms with van der Waals surface area (Å²) in [6, 6.07) is 12.7. The van der Waals surface area contributed by atoms with E-state index in [4.69, 9.17) is 0 Å². The smallest absolute Gasteiger partial charge is 0.264 e. The number of sulfonamides is 1. The maximum absolute atomic E-state index is 13.0. The van der Waals surface area contributed by atoms with Gasteiger partial charge in [-0.15, -0.1) is 0 Å². The van der Waals surface area contributed by atoms with Gasteiger partial charge in [0.1, 0.15) is 0 Å². The summed E-state index contributed by atoms with van der Waals surface area (Å²) in [7, 11) is -3.61. The lowest BCUT2D eigenvalue weighted by Gasteiger charge is -2.31. The molecule has 118 valence electrons. The number of nitriles is 1. The van der Waals surface area contributed by atoms with Crippen molar-refractivity contribution in [3.63, 3.8) is 0 Å². The third kappa shape index (κ3) is 2.60. The van der Waals surface area contributed by atoms with E-state index in [1.54, 1.807) is 24.3 Å². The normalized spacial score (nSPS) is 14.2. The minimum Gasteiger partial charge on any atom is -0.266 e. The van der Waals surface area contributed by atoms with E-state index >= 15 is 0 Å². The molecular formula is C18H18N2O2S. The van der Waals surface area contributed by atoms with E-state index < -0.39 is 10.0 Å². The fraction of sp³-hybridized carbons (Fsp3) is 0.278. The van der Waals surface area contributed by atoms with Gasteiger partial charge >= 0.3 is 0 Å². The highest BCUT2D eigenvalue weighted by Gasteiger charge is 2.30. The van der Waals surface area contributed by atoms with Crippen LogP contribution < -0.4 is 4.31 Å². The van der Waals surface area contributed by atoms with Crippen LogP contribution >= 0.6 is 0 Å². The molecule has 2 aromatic rings. The van der Waals surface area contributed by atoms with E-state index in [2.05, 4.69) is 6.07 Å². The highest BCUT2D eigenvalue weighted by molar-refractivity contribution is 7.92. The van der Waals surface area contributed by atoms with E-state index in [1.807, 2.05) is 26.0 Å². The van der Waals surface area contributed by atoms with Crippen LogP contribution in [0, 0.1) is 25.2 Å². The number of hydrogen-bond acceptors (Lipinski definition) is 3. The molecule has 0 aliphatic carbocycles. The summed E-state index contributed by atoms with van der Waals surface area (Å²) in [5.74, 6) is 0. The van der Waals surface area contributed by atoms with Crippen molar-refractivity contribution in [1.29, 1.82) is 5.26 Å². The average molecular weight is 326 g/mol. The van der Waals surface area contributed by atoms with Crippen LogP contribution in [0.2, 0.25) is 0 Å². The van der Waals surface area contributed by atoms with Crippen LogP contribution in [0.3, 0.4) is 0 Å². The van der Waals surface area contributed by atoms with Crippen LogP contribution in [0.5, 0.6) is 0 Å². The Morgan fingerprint density at radius 2 is 1.78 bits per heavy atom. The van der Waals surface area contributed by atoms with Gasteiger partial charge in [-0.25, -0.2) is 8.42 Å². The lowest BCUT2D eigenvalue weighted by Crippen LogP contribution is -2.35. The van der Waals surface area contributed by atoms with Gasteiger partial charge in [-0.3, -0.25) is 4.31 Å². The molecule has 1 aliphatic rings. The maximum atomic E-state index is 13.0. The predicted molar refractivity (Wildman–Crippen MR) is 89.9 cm³/mol. The Labute approximate surface area is 137 Å². The molecule has 1 aliphatic heterocycles. The lowest BCUT2D eigenvalue weighted by atomic mass is 9.95. The summed E-state index contributed by atoms with van der Waals surface area (Å²) in [6.45, 7) is 4.25. The molecule has 2 aromatic carbocycles. The molecule has 0 bridgehead atoms. The molecule has 0 saturated heterocycles. The second-order valence-corrected chi connectivity index (χ2v) is 7.72. The van der Waals surface area contributed by atoms with Gasteiger partial charge in [0.25, 0.3) is 10.0 Å². The molecule has 4 nitrogen and oxygen atoms in total. The number of benzene rings is 2. The van der Waals surface area contributed by atoms with Gasteiger partial charge in [0.2, 0.25) is 0 Å². The van der Waals surface area contributed by atoms with E-state index in [-0.39, 0.29) is 4.90 Å². The minimum atomic E-state index is -3.61. The Morgan fingerprint density at radius 1 is 1.09 bits per heavy atom. The monoisotopic (exact) mass is 326 g/mol. The summed E-state index contributed by atoms with van der Waals surface area (Å²) >= 11 is 0. The van der Waals surface area contributed by atoms with Gasteiger partial charge in [0.05, 0.1) is 22.2 Å². The van der Waals surface area contributed by atoms with E-state index in [9.17, 15) is 13.7 Å². The van der Waals surface area contributed by atoms with Crippen LogP contribution in [-0.2, 0) is 16.4 Å². The molecule has 1 heterocycles. The number of aryl methyl sites for hydroxylation is 2. The third-order valence-corrected chi connectivity index (χ3v) is 6.10. The van der Waals surface area contributed by atoms with Crippen molar-refractivity contribution < 1.29 is 8.42 Å². The topological polar surface area (TPSA) is 61.2 Å². The average Bonchev–Trinajstić information content (AvgIpc) is 2.54. The quantitative estimate of drug-likeness (QED) is 0.850. The predicted octanol–water partition coefficient (Wildman–Crippen LogP) is 3.32. The largest absolute Gasteiger partial charge is 0.266 e. The molecule has 0 atom stereocenters. The molecule has 0 N–H and O–H groups in total. The molecule has 0 spiro atoms.